The summed E-state index contributed by atoms with van der Waals surface area (Å²) in [4.78, 5) is 2.41. The Balaban J connectivity index is 1.75. The average Bonchev–Trinajstić information content (AvgIpc) is 2.46. The molecule has 0 aromatic heterocycles. The highest BCUT2D eigenvalue weighted by molar-refractivity contribution is 5.17. The van der Waals surface area contributed by atoms with Crippen molar-refractivity contribution >= 4 is 0 Å². The van der Waals surface area contributed by atoms with E-state index >= 15 is 0 Å². The van der Waals surface area contributed by atoms with Crippen LogP contribution in [0.15, 0.2) is 30.3 Å². The molecular formula is C16H25NO2. The zero-order valence-electron chi connectivity index (χ0n) is 11.8. The third kappa shape index (κ3) is 4.60. The number of likely N-dealkylation sites (tertiary alicyclic amines) is 1. The maximum Gasteiger partial charge on any atom is 0.0802 e. The third-order valence-corrected chi connectivity index (χ3v) is 3.77. The lowest BCUT2D eigenvalue weighted by atomic mass is 10.0. The standard InChI is InChI=1S/C16H25NO2/c1-2-19-15-9-6-11-17(13-15)12-10-16(18)14-7-4-3-5-8-14/h3-5,7-8,15-16,18H,2,6,9-13H2,1H3. The van der Waals surface area contributed by atoms with Gasteiger partial charge in [-0.05, 0) is 38.3 Å². The van der Waals surface area contributed by atoms with Crippen molar-refractivity contribution in [1.82, 2.24) is 4.90 Å². The number of piperidine rings is 1. The zero-order valence-corrected chi connectivity index (χ0v) is 11.8. The van der Waals surface area contributed by atoms with E-state index in [-0.39, 0.29) is 6.10 Å². The topological polar surface area (TPSA) is 32.7 Å². The van der Waals surface area contributed by atoms with E-state index in [0.717, 1.165) is 38.2 Å². The van der Waals surface area contributed by atoms with E-state index in [9.17, 15) is 5.11 Å². The predicted octanol–water partition coefficient (Wildman–Crippen LogP) is 2.61. The predicted molar refractivity (Wildman–Crippen MR) is 77.1 cm³/mol. The molecule has 3 heteroatoms. The highest BCUT2D eigenvalue weighted by atomic mass is 16.5. The first-order chi connectivity index (χ1) is 9.29. The van der Waals surface area contributed by atoms with Crippen molar-refractivity contribution in [3.05, 3.63) is 35.9 Å². The number of benzene rings is 1. The molecule has 3 nitrogen and oxygen atoms in total. The van der Waals surface area contributed by atoms with E-state index in [4.69, 9.17) is 4.74 Å². The molecule has 0 amide bonds. The van der Waals surface area contributed by atoms with Crippen molar-refractivity contribution in [1.29, 1.82) is 0 Å². The number of rotatable bonds is 6. The van der Waals surface area contributed by atoms with Crippen molar-refractivity contribution in [2.45, 2.75) is 38.4 Å². The molecule has 0 radical (unpaired) electrons. The Morgan fingerprint density at radius 3 is 2.89 bits per heavy atom. The Bertz CT molecular complexity index is 353. The molecular weight excluding hydrogens is 238 g/mol. The molecule has 0 spiro atoms. The molecule has 1 aromatic carbocycles. The van der Waals surface area contributed by atoms with E-state index in [1.54, 1.807) is 0 Å². The van der Waals surface area contributed by atoms with Gasteiger partial charge in [0.25, 0.3) is 0 Å². The first-order valence-corrected chi connectivity index (χ1v) is 7.36. The Morgan fingerprint density at radius 1 is 1.37 bits per heavy atom. The molecule has 0 saturated carbocycles. The minimum absolute atomic E-state index is 0.353. The molecule has 2 atom stereocenters. The smallest absolute Gasteiger partial charge is 0.0802 e. The van der Waals surface area contributed by atoms with Gasteiger partial charge in [-0.2, -0.15) is 0 Å². The van der Waals surface area contributed by atoms with Crippen LogP contribution in [-0.2, 0) is 4.74 Å². The Labute approximate surface area is 116 Å². The summed E-state index contributed by atoms with van der Waals surface area (Å²) in [6.45, 7) is 5.93. The second kappa shape index (κ2) is 7.63. The molecule has 1 saturated heterocycles. The molecule has 2 unspecified atom stereocenters. The van der Waals surface area contributed by atoms with Gasteiger partial charge in [-0.3, -0.25) is 0 Å². The lowest BCUT2D eigenvalue weighted by Crippen LogP contribution is -2.40. The molecule has 1 aliphatic heterocycles. The highest BCUT2D eigenvalue weighted by Crippen LogP contribution is 2.19. The van der Waals surface area contributed by atoms with Gasteiger partial charge in [-0.25, -0.2) is 0 Å². The first kappa shape index (κ1) is 14.5. The van der Waals surface area contributed by atoms with Gasteiger partial charge in [0.05, 0.1) is 12.2 Å². The van der Waals surface area contributed by atoms with Crippen LogP contribution in [-0.4, -0.2) is 42.4 Å². The molecule has 0 bridgehead atoms. The molecule has 0 aliphatic carbocycles. The van der Waals surface area contributed by atoms with Gasteiger partial charge in [0.2, 0.25) is 0 Å². The van der Waals surface area contributed by atoms with Crippen LogP contribution in [0.2, 0.25) is 0 Å². The van der Waals surface area contributed by atoms with Crippen LogP contribution < -0.4 is 0 Å². The normalized spacial score (nSPS) is 22.3. The molecule has 2 rings (SSSR count). The summed E-state index contributed by atoms with van der Waals surface area (Å²) in [7, 11) is 0. The van der Waals surface area contributed by atoms with Gasteiger partial charge >= 0.3 is 0 Å². The van der Waals surface area contributed by atoms with E-state index in [1.165, 1.54) is 12.8 Å². The number of aliphatic hydroxyl groups excluding tert-OH is 1. The highest BCUT2D eigenvalue weighted by Gasteiger charge is 2.20. The number of hydrogen-bond donors (Lipinski definition) is 1. The van der Waals surface area contributed by atoms with Gasteiger partial charge < -0.3 is 14.7 Å². The van der Waals surface area contributed by atoms with Gasteiger partial charge in [0, 0.05) is 19.7 Å². The molecule has 19 heavy (non-hydrogen) atoms. The van der Waals surface area contributed by atoms with E-state index < -0.39 is 0 Å². The van der Waals surface area contributed by atoms with E-state index in [1.807, 2.05) is 30.3 Å². The summed E-state index contributed by atoms with van der Waals surface area (Å²) in [5.74, 6) is 0. The van der Waals surface area contributed by atoms with Crippen molar-refractivity contribution in [2.75, 3.05) is 26.2 Å². The second-order valence-electron chi connectivity index (χ2n) is 5.24. The molecule has 106 valence electrons. The number of ether oxygens (including phenoxy) is 1. The molecule has 1 aliphatic rings. The summed E-state index contributed by atoms with van der Waals surface area (Å²) in [6, 6.07) is 9.91. The SMILES string of the molecule is CCOC1CCCN(CCC(O)c2ccccc2)C1. The fraction of sp³-hybridized carbons (Fsp3) is 0.625. The minimum atomic E-state index is -0.353. The monoisotopic (exact) mass is 263 g/mol. The van der Waals surface area contributed by atoms with Crippen LogP contribution in [0.1, 0.15) is 37.9 Å². The first-order valence-electron chi connectivity index (χ1n) is 7.36. The third-order valence-electron chi connectivity index (χ3n) is 3.77. The largest absolute Gasteiger partial charge is 0.388 e. The molecule has 1 N–H and O–H groups in total. The molecule has 1 heterocycles. The lowest BCUT2D eigenvalue weighted by molar-refractivity contribution is 0.00212. The minimum Gasteiger partial charge on any atom is -0.388 e. The fourth-order valence-electron chi connectivity index (χ4n) is 2.73. The van der Waals surface area contributed by atoms with Crippen LogP contribution in [0.4, 0.5) is 0 Å². The number of hydrogen-bond acceptors (Lipinski definition) is 3. The molecule has 1 fully saturated rings. The number of nitrogens with zero attached hydrogens (tertiary/aromatic N) is 1. The quantitative estimate of drug-likeness (QED) is 0.856. The number of aliphatic hydroxyl groups is 1. The summed E-state index contributed by atoms with van der Waals surface area (Å²) < 4.78 is 5.70. The van der Waals surface area contributed by atoms with Crippen LogP contribution in [0.25, 0.3) is 0 Å². The summed E-state index contributed by atoms with van der Waals surface area (Å²) >= 11 is 0. The van der Waals surface area contributed by atoms with Gasteiger partial charge in [0.1, 0.15) is 0 Å². The average molecular weight is 263 g/mol. The van der Waals surface area contributed by atoms with E-state index in [0.29, 0.717) is 6.10 Å². The van der Waals surface area contributed by atoms with Crippen molar-refractivity contribution in [3.63, 3.8) is 0 Å². The Hall–Kier alpha value is -0.900. The van der Waals surface area contributed by atoms with Crippen LogP contribution >= 0.6 is 0 Å². The summed E-state index contributed by atoms with van der Waals surface area (Å²) in [5, 5.41) is 10.2. The van der Waals surface area contributed by atoms with Crippen molar-refractivity contribution in [3.8, 4) is 0 Å². The lowest BCUT2D eigenvalue weighted by Gasteiger charge is -2.32. The Kier molecular flexibility index (Phi) is 5.83. The van der Waals surface area contributed by atoms with Crippen LogP contribution in [0, 0.1) is 0 Å². The summed E-state index contributed by atoms with van der Waals surface area (Å²) in [5.41, 5.74) is 1.01. The van der Waals surface area contributed by atoms with Crippen molar-refractivity contribution in [2.24, 2.45) is 0 Å². The molecule has 1 aromatic rings. The zero-order chi connectivity index (χ0) is 13.5. The van der Waals surface area contributed by atoms with Gasteiger partial charge in [0.15, 0.2) is 0 Å². The van der Waals surface area contributed by atoms with Crippen LogP contribution in [0.3, 0.4) is 0 Å². The van der Waals surface area contributed by atoms with Crippen LogP contribution in [0.5, 0.6) is 0 Å². The van der Waals surface area contributed by atoms with Gasteiger partial charge in [-0.1, -0.05) is 30.3 Å². The fourth-order valence-corrected chi connectivity index (χ4v) is 2.73. The maximum absolute atomic E-state index is 10.2. The Morgan fingerprint density at radius 2 is 2.16 bits per heavy atom. The summed E-state index contributed by atoms with van der Waals surface area (Å²) in [6.07, 6.45) is 3.20. The van der Waals surface area contributed by atoms with Crippen molar-refractivity contribution < 1.29 is 9.84 Å². The van der Waals surface area contributed by atoms with Gasteiger partial charge in [-0.15, -0.1) is 0 Å². The second-order valence-corrected chi connectivity index (χ2v) is 5.24. The van der Waals surface area contributed by atoms with E-state index in [2.05, 4.69) is 11.8 Å². The maximum atomic E-state index is 10.2.